The van der Waals surface area contributed by atoms with Crippen molar-refractivity contribution < 1.29 is 14.3 Å². The van der Waals surface area contributed by atoms with Gasteiger partial charge in [-0.25, -0.2) is 4.98 Å². The second kappa shape index (κ2) is 7.05. The number of amides is 2. The molecule has 1 aliphatic rings. The molecule has 2 amide bonds. The zero-order valence-corrected chi connectivity index (χ0v) is 13.1. The van der Waals surface area contributed by atoms with Crippen LogP contribution in [0.1, 0.15) is 17.4 Å². The molecule has 0 radical (unpaired) electrons. The molecule has 0 saturated carbocycles. The second-order valence-electron chi connectivity index (χ2n) is 4.37. The lowest BCUT2D eigenvalue weighted by Crippen LogP contribution is -2.49. The lowest BCUT2D eigenvalue weighted by molar-refractivity contribution is -0.136. The number of morpholine rings is 1. The molecule has 1 N–H and O–H groups in total. The molecule has 2 rings (SSSR count). The Morgan fingerprint density at radius 2 is 2.45 bits per heavy atom. The van der Waals surface area contributed by atoms with E-state index in [9.17, 15) is 9.59 Å². The summed E-state index contributed by atoms with van der Waals surface area (Å²) in [7, 11) is 0. The molecular weight excluding hydrogens is 298 g/mol. The summed E-state index contributed by atoms with van der Waals surface area (Å²) in [6.45, 7) is 3.56. The Morgan fingerprint density at radius 3 is 3.10 bits per heavy atom. The highest BCUT2D eigenvalue weighted by Gasteiger charge is 2.22. The Labute approximate surface area is 125 Å². The number of thiazole rings is 1. The molecule has 1 saturated heterocycles. The van der Waals surface area contributed by atoms with Crippen molar-refractivity contribution in [2.24, 2.45) is 0 Å². The average molecular weight is 315 g/mol. The minimum atomic E-state index is -0.204. The van der Waals surface area contributed by atoms with Crippen LogP contribution >= 0.6 is 23.1 Å². The van der Waals surface area contributed by atoms with Gasteiger partial charge in [-0.05, 0) is 6.26 Å². The van der Waals surface area contributed by atoms with Crippen molar-refractivity contribution in [1.82, 2.24) is 15.2 Å². The first-order valence-electron chi connectivity index (χ1n) is 6.25. The van der Waals surface area contributed by atoms with Crippen molar-refractivity contribution in [3.05, 3.63) is 11.1 Å². The van der Waals surface area contributed by atoms with Crippen molar-refractivity contribution in [3.63, 3.8) is 0 Å². The van der Waals surface area contributed by atoms with E-state index in [1.165, 1.54) is 23.1 Å². The third-order valence-corrected chi connectivity index (χ3v) is 4.83. The number of rotatable bonds is 4. The fourth-order valence-corrected chi connectivity index (χ4v) is 3.12. The van der Waals surface area contributed by atoms with Crippen LogP contribution in [-0.4, -0.2) is 60.3 Å². The minimum absolute atomic E-state index is 0.0359. The summed E-state index contributed by atoms with van der Waals surface area (Å²) in [6.07, 6.45) is 1.77. The fourth-order valence-electron chi connectivity index (χ4n) is 1.88. The molecule has 6 nitrogen and oxygen atoms in total. The maximum atomic E-state index is 11.9. The van der Waals surface area contributed by atoms with Crippen molar-refractivity contribution in [3.8, 4) is 0 Å². The van der Waals surface area contributed by atoms with Crippen molar-refractivity contribution >= 4 is 34.9 Å². The molecule has 1 fully saturated rings. The van der Waals surface area contributed by atoms with E-state index in [-0.39, 0.29) is 17.9 Å². The zero-order valence-electron chi connectivity index (χ0n) is 11.4. The van der Waals surface area contributed by atoms with Gasteiger partial charge in [0.1, 0.15) is 10.0 Å². The summed E-state index contributed by atoms with van der Waals surface area (Å²) < 4.78 is 6.41. The molecule has 20 heavy (non-hydrogen) atoms. The van der Waals surface area contributed by atoms with Crippen molar-refractivity contribution in [1.29, 1.82) is 0 Å². The standard InChI is InChI=1S/C12H17N3O3S2/c1-8(16)15-3-4-18-9(6-15)5-13-11(17)10-7-20-12(14-10)19-2/h7,9H,3-6H2,1-2H3,(H,13,17)/t9-/m0/s1. The highest BCUT2D eigenvalue weighted by Crippen LogP contribution is 2.19. The van der Waals surface area contributed by atoms with Gasteiger partial charge in [0, 0.05) is 31.9 Å². The van der Waals surface area contributed by atoms with Gasteiger partial charge in [-0.15, -0.1) is 11.3 Å². The lowest BCUT2D eigenvalue weighted by atomic mass is 10.2. The van der Waals surface area contributed by atoms with Gasteiger partial charge in [0.2, 0.25) is 5.91 Å². The van der Waals surface area contributed by atoms with E-state index >= 15 is 0 Å². The van der Waals surface area contributed by atoms with Gasteiger partial charge >= 0.3 is 0 Å². The Hall–Kier alpha value is -1.12. The molecule has 110 valence electrons. The highest BCUT2D eigenvalue weighted by atomic mass is 32.2. The normalized spacial score (nSPS) is 18.9. The molecule has 0 aliphatic carbocycles. The molecule has 0 unspecified atom stereocenters. The SMILES string of the molecule is CSc1nc(C(=O)NC[C@H]2CN(C(C)=O)CCO2)cs1. The Bertz CT molecular complexity index is 492. The molecule has 8 heteroatoms. The molecule has 0 bridgehead atoms. The summed E-state index contributed by atoms with van der Waals surface area (Å²) in [5.74, 6) is -0.168. The maximum Gasteiger partial charge on any atom is 0.270 e. The van der Waals surface area contributed by atoms with Crippen molar-refractivity contribution in [2.45, 2.75) is 17.4 Å². The maximum absolute atomic E-state index is 11.9. The van der Waals surface area contributed by atoms with Crippen LogP contribution in [0, 0.1) is 0 Å². The van der Waals surface area contributed by atoms with Crippen LogP contribution in [-0.2, 0) is 9.53 Å². The number of hydrogen-bond acceptors (Lipinski definition) is 6. The average Bonchev–Trinajstić information content (AvgIpc) is 2.94. The molecule has 1 aromatic rings. The van der Waals surface area contributed by atoms with Crippen molar-refractivity contribution in [2.75, 3.05) is 32.5 Å². The van der Waals surface area contributed by atoms with E-state index < -0.39 is 0 Å². The fraction of sp³-hybridized carbons (Fsp3) is 0.583. The molecule has 0 spiro atoms. The van der Waals surface area contributed by atoms with Gasteiger partial charge in [0.25, 0.3) is 5.91 Å². The predicted octanol–water partition coefficient (Wildman–Crippen LogP) is 0.842. The number of ether oxygens (including phenoxy) is 1. The van der Waals surface area contributed by atoms with Gasteiger partial charge < -0.3 is 15.0 Å². The molecule has 2 heterocycles. The summed E-state index contributed by atoms with van der Waals surface area (Å²) in [4.78, 5) is 29.2. The Balaban J connectivity index is 1.82. The first-order valence-corrected chi connectivity index (χ1v) is 8.35. The number of hydrogen-bond donors (Lipinski definition) is 1. The van der Waals surface area contributed by atoms with Gasteiger partial charge in [0.15, 0.2) is 0 Å². The van der Waals surface area contributed by atoms with Crippen LogP contribution in [0.2, 0.25) is 0 Å². The van der Waals surface area contributed by atoms with E-state index in [4.69, 9.17) is 4.74 Å². The number of carbonyl (C=O) groups is 2. The summed E-state index contributed by atoms with van der Waals surface area (Å²) in [5.41, 5.74) is 0.429. The number of nitrogens with one attached hydrogen (secondary N) is 1. The van der Waals surface area contributed by atoms with Gasteiger partial charge in [-0.1, -0.05) is 11.8 Å². The van der Waals surface area contributed by atoms with E-state index in [2.05, 4.69) is 10.3 Å². The van der Waals surface area contributed by atoms with Gasteiger partial charge in [0.05, 0.1) is 12.7 Å². The number of aromatic nitrogens is 1. The van der Waals surface area contributed by atoms with E-state index in [1.54, 1.807) is 17.2 Å². The van der Waals surface area contributed by atoms with E-state index in [1.807, 2.05) is 6.26 Å². The molecule has 1 aliphatic heterocycles. The van der Waals surface area contributed by atoms with Crippen LogP contribution in [0.15, 0.2) is 9.72 Å². The zero-order chi connectivity index (χ0) is 14.5. The van der Waals surface area contributed by atoms with E-state index in [0.29, 0.717) is 31.9 Å². The predicted molar refractivity (Wildman–Crippen MR) is 78.2 cm³/mol. The summed E-state index contributed by atoms with van der Waals surface area (Å²) in [5, 5.41) is 4.54. The number of carbonyl (C=O) groups excluding carboxylic acids is 2. The number of thioether (sulfide) groups is 1. The molecule has 1 atom stereocenters. The smallest absolute Gasteiger partial charge is 0.270 e. The minimum Gasteiger partial charge on any atom is -0.373 e. The first kappa shape index (κ1) is 15.3. The third-order valence-electron chi connectivity index (χ3n) is 2.96. The Kier molecular flexibility index (Phi) is 5.38. The second-order valence-corrected chi connectivity index (χ2v) is 6.28. The highest BCUT2D eigenvalue weighted by molar-refractivity contribution is 8.00. The quantitative estimate of drug-likeness (QED) is 0.834. The largest absolute Gasteiger partial charge is 0.373 e. The first-order chi connectivity index (χ1) is 9.60. The monoisotopic (exact) mass is 315 g/mol. The molecule has 1 aromatic heterocycles. The van der Waals surface area contributed by atoms with Crippen LogP contribution in [0.4, 0.5) is 0 Å². The molecule has 0 aromatic carbocycles. The molecular formula is C12H17N3O3S2. The van der Waals surface area contributed by atoms with Gasteiger partial charge in [-0.2, -0.15) is 0 Å². The van der Waals surface area contributed by atoms with E-state index in [0.717, 1.165) is 4.34 Å². The van der Waals surface area contributed by atoms with Crippen LogP contribution in [0.5, 0.6) is 0 Å². The van der Waals surface area contributed by atoms with Crippen LogP contribution < -0.4 is 5.32 Å². The summed E-state index contributed by atoms with van der Waals surface area (Å²) in [6, 6.07) is 0. The summed E-state index contributed by atoms with van der Waals surface area (Å²) >= 11 is 2.97. The number of nitrogens with zero attached hydrogens (tertiary/aromatic N) is 2. The van der Waals surface area contributed by atoms with Crippen LogP contribution in [0.3, 0.4) is 0 Å². The van der Waals surface area contributed by atoms with Gasteiger partial charge in [-0.3, -0.25) is 9.59 Å². The topological polar surface area (TPSA) is 71.5 Å². The lowest BCUT2D eigenvalue weighted by Gasteiger charge is -2.32. The van der Waals surface area contributed by atoms with Crippen LogP contribution in [0.25, 0.3) is 0 Å². The Morgan fingerprint density at radius 1 is 1.65 bits per heavy atom. The third kappa shape index (κ3) is 3.94.